The summed E-state index contributed by atoms with van der Waals surface area (Å²) < 4.78 is 8.60. The maximum absolute atomic E-state index is 6.29. The minimum atomic E-state index is 0. The van der Waals surface area contributed by atoms with E-state index >= 15 is 0 Å². The first kappa shape index (κ1) is 20.9. The molecule has 7 aromatic rings. The van der Waals surface area contributed by atoms with Gasteiger partial charge in [0.2, 0.25) is 0 Å². The minimum Gasteiger partial charge on any atom is -0.456 e. The first-order valence-corrected chi connectivity index (χ1v) is 11.1. The topological polar surface area (TPSA) is 31.0 Å². The van der Waals surface area contributed by atoms with Crippen LogP contribution in [0.25, 0.3) is 60.7 Å². The summed E-state index contributed by atoms with van der Waals surface area (Å²) in [5.41, 5.74) is 8.28. The molecule has 4 heteroatoms. The van der Waals surface area contributed by atoms with Gasteiger partial charge in [0, 0.05) is 53.9 Å². The number of rotatable bonds is 2. The molecule has 3 heterocycles. The molecule has 0 fully saturated rings. The summed E-state index contributed by atoms with van der Waals surface area (Å²) in [6.07, 6.45) is 1.82. The molecule has 0 saturated carbocycles. The van der Waals surface area contributed by atoms with Crippen LogP contribution in [-0.4, -0.2) is 9.55 Å². The molecule has 0 spiro atoms. The van der Waals surface area contributed by atoms with Crippen LogP contribution in [-0.2, 0) is 20.1 Å². The second kappa shape index (κ2) is 7.95. The largest absolute Gasteiger partial charge is 0.456 e. The molecule has 0 saturated heterocycles. The maximum Gasteiger partial charge on any atom is 0.137 e. The Kier molecular flexibility index (Phi) is 4.88. The van der Waals surface area contributed by atoms with Crippen LogP contribution in [0.15, 0.2) is 102 Å². The number of fused-ring (bicyclic) bond motifs is 6. The number of para-hydroxylation sites is 1. The van der Waals surface area contributed by atoms with Gasteiger partial charge in [0.25, 0.3) is 0 Å². The standard InChI is InChI=1S/C30H19N2O.Ir/c1-19-12-13-23-25-17-24-22-9-2-3-11-27(22)32(28(24)18-30(25)33-29(23)15-19)21-8-6-7-20(16-21)26-10-4-5-14-31-26;/h2-6,8-18H,1H3;/q-1;. The van der Waals surface area contributed by atoms with Gasteiger partial charge < -0.3 is 14.0 Å². The van der Waals surface area contributed by atoms with Gasteiger partial charge in [-0.2, -0.15) is 0 Å². The second-order valence-electron chi connectivity index (χ2n) is 8.50. The van der Waals surface area contributed by atoms with Crippen molar-refractivity contribution in [3.05, 3.63) is 109 Å². The van der Waals surface area contributed by atoms with Gasteiger partial charge in [-0.3, -0.25) is 0 Å². The molecule has 34 heavy (non-hydrogen) atoms. The number of furan rings is 1. The number of nitrogens with zero attached hydrogens (tertiary/aromatic N) is 2. The zero-order valence-electron chi connectivity index (χ0n) is 18.4. The van der Waals surface area contributed by atoms with Crippen LogP contribution >= 0.6 is 0 Å². The summed E-state index contributed by atoms with van der Waals surface area (Å²) in [5.74, 6) is 0. The van der Waals surface area contributed by atoms with Crippen LogP contribution in [0.3, 0.4) is 0 Å². The fraction of sp³-hybridized carbons (Fsp3) is 0.0333. The van der Waals surface area contributed by atoms with E-state index in [1.807, 2.05) is 30.5 Å². The molecule has 0 bridgehead atoms. The van der Waals surface area contributed by atoms with E-state index in [0.29, 0.717) is 0 Å². The number of hydrogen-bond acceptors (Lipinski definition) is 2. The molecule has 0 aliphatic heterocycles. The third kappa shape index (κ3) is 3.11. The predicted molar refractivity (Wildman–Crippen MR) is 135 cm³/mol. The van der Waals surface area contributed by atoms with Crippen LogP contribution in [0.1, 0.15) is 5.56 Å². The van der Waals surface area contributed by atoms with Crippen molar-refractivity contribution in [3.63, 3.8) is 0 Å². The summed E-state index contributed by atoms with van der Waals surface area (Å²) in [5, 5.41) is 4.74. The Balaban J connectivity index is 0.00000217. The van der Waals surface area contributed by atoms with Crippen molar-refractivity contribution in [1.29, 1.82) is 0 Å². The Labute approximate surface area is 210 Å². The van der Waals surface area contributed by atoms with Crippen molar-refractivity contribution < 1.29 is 24.5 Å². The molecule has 0 aliphatic carbocycles. The quantitative estimate of drug-likeness (QED) is 0.186. The Hall–Kier alpha value is -3.72. The summed E-state index contributed by atoms with van der Waals surface area (Å²) in [6, 6.07) is 35.0. The molecule has 7 rings (SSSR count). The van der Waals surface area contributed by atoms with E-state index in [4.69, 9.17) is 4.42 Å². The average Bonchev–Trinajstić information content (AvgIpc) is 3.37. The number of aromatic nitrogens is 2. The fourth-order valence-electron chi connectivity index (χ4n) is 4.89. The smallest absolute Gasteiger partial charge is 0.137 e. The Bertz CT molecular complexity index is 1830. The van der Waals surface area contributed by atoms with E-state index in [-0.39, 0.29) is 20.1 Å². The van der Waals surface area contributed by atoms with Crippen LogP contribution in [0.2, 0.25) is 0 Å². The first-order valence-electron chi connectivity index (χ1n) is 11.1. The van der Waals surface area contributed by atoms with E-state index in [0.717, 1.165) is 44.4 Å². The van der Waals surface area contributed by atoms with Crippen LogP contribution in [0.4, 0.5) is 0 Å². The van der Waals surface area contributed by atoms with Crippen LogP contribution < -0.4 is 0 Å². The van der Waals surface area contributed by atoms with E-state index in [9.17, 15) is 0 Å². The van der Waals surface area contributed by atoms with Crippen molar-refractivity contribution in [2.45, 2.75) is 6.92 Å². The van der Waals surface area contributed by atoms with Gasteiger partial charge in [-0.1, -0.05) is 42.5 Å². The Morgan fingerprint density at radius 1 is 0.735 bits per heavy atom. The zero-order chi connectivity index (χ0) is 21.9. The summed E-state index contributed by atoms with van der Waals surface area (Å²) in [4.78, 5) is 4.51. The molecule has 1 radical (unpaired) electrons. The molecule has 3 aromatic heterocycles. The maximum atomic E-state index is 6.29. The third-order valence-corrected chi connectivity index (χ3v) is 6.41. The van der Waals surface area contributed by atoms with Crippen molar-refractivity contribution in [2.24, 2.45) is 0 Å². The third-order valence-electron chi connectivity index (χ3n) is 6.41. The van der Waals surface area contributed by atoms with E-state index in [2.05, 4.69) is 89.3 Å². The molecule has 0 atom stereocenters. The van der Waals surface area contributed by atoms with E-state index in [1.165, 1.54) is 21.9 Å². The summed E-state index contributed by atoms with van der Waals surface area (Å²) in [6.45, 7) is 2.09. The second-order valence-corrected chi connectivity index (χ2v) is 8.50. The predicted octanol–water partition coefficient (Wildman–Crippen LogP) is 7.85. The molecule has 4 aromatic carbocycles. The number of benzene rings is 4. The van der Waals surface area contributed by atoms with Gasteiger partial charge in [-0.25, -0.2) is 0 Å². The zero-order valence-corrected chi connectivity index (χ0v) is 20.8. The van der Waals surface area contributed by atoms with Gasteiger partial charge in [-0.15, -0.1) is 29.8 Å². The summed E-state index contributed by atoms with van der Waals surface area (Å²) in [7, 11) is 0. The van der Waals surface area contributed by atoms with Crippen molar-refractivity contribution in [1.82, 2.24) is 9.55 Å². The van der Waals surface area contributed by atoms with E-state index in [1.54, 1.807) is 0 Å². The van der Waals surface area contributed by atoms with E-state index < -0.39 is 0 Å². The van der Waals surface area contributed by atoms with Crippen molar-refractivity contribution in [2.75, 3.05) is 0 Å². The molecular formula is C30H19IrN2O-. The SMILES string of the molecule is Cc1ccc2c(c1)oc1cc3c(cc12)c1ccccc1n3-c1cc[c-]c(-c2ccccn2)c1.[Ir]. The van der Waals surface area contributed by atoms with Gasteiger partial charge in [0.05, 0.1) is 11.0 Å². The van der Waals surface area contributed by atoms with Gasteiger partial charge >= 0.3 is 0 Å². The van der Waals surface area contributed by atoms with Crippen LogP contribution in [0, 0.1) is 13.0 Å². The molecule has 3 nitrogen and oxygen atoms in total. The first-order chi connectivity index (χ1) is 16.3. The molecule has 165 valence electrons. The Morgan fingerprint density at radius 3 is 2.47 bits per heavy atom. The molecule has 0 amide bonds. The molecule has 0 aliphatic rings. The van der Waals surface area contributed by atoms with Crippen molar-refractivity contribution in [3.8, 4) is 16.9 Å². The van der Waals surface area contributed by atoms with Crippen LogP contribution in [0.5, 0.6) is 0 Å². The number of hydrogen-bond donors (Lipinski definition) is 0. The van der Waals surface area contributed by atoms with Gasteiger partial charge in [-0.05, 0) is 48.1 Å². The van der Waals surface area contributed by atoms with Gasteiger partial charge in [0.15, 0.2) is 0 Å². The molecule has 0 unspecified atom stereocenters. The van der Waals surface area contributed by atoms with Crippen molar-refractivity contribution >= 4 is 43.7 Å². The fourth-order valence-corrected chi connectivity index (χ4v) is 4.89. The Morgan fingerprint density at radius 2 is 1.59 bits per heavy atom. The minimum absolute atomic E-state index is 0. The number of pyridine rings is 1. The average molecular weight is 616 g/mol. The number of aryl methyl sites for hydroxylation is 1. The van der Waals surface area contributed by atoms with Gasteiger partial charge in [0.1, 0.15) is 11.2 Å². The molecular weight excluding hydrogens is 597 g/mol. The monoisotopic (exact) mass is 616 g/mol. The molecule has 0 N–H and O–H groups in total. The summed E-state index contributed by atoms with van der Waals surface area (Å²) >= 11 is 0. The normalized spacial score (nSPS) is 11.4.